The van der Waals surface area contributed by atoms with Gasteiger partial charge in [-0.05, 0) is 49.7 Å². The summed E-state index contributed by atoms with van der Waals surface area (Å²) < 4.78 is 27.7. The summed E-state index contributed by atoms with van der Waals surface area (Å²) in [6.45, 7) is 3.43. The normalized spacial score (nSPS) is 12.0. The van der Waals surface area contributed by atoms with Gasteiger partial charge in [0.2, 0.25) is 0 Å². The molecule has 0 bridgehead atoms. The first kappa shape index (κ1) is 15.6. The van der Waals surface area contributed by atoms with Crippen molar-refractivity contribution in [2.45, 2.75) is 19.9 Å². The highest BCUT2D eigenvalue weighted by molar-refractivity contribution is 9.10. The SMILES string of the molecule is Cc1c(Br)cccc1C(=O)NC(C)c1cc(F)ccc1F. The van der Waals surface area contributed by atoms with Gasteiger partial charge in [-0.25, -0.2) is 8.78 Å². The lowest BCUT2D eigenvalue weighted by Gasteiger charge is -2.16. The molecule has 110 valence electrons. The maximum atomic E-state index is 13.7. The number of nitrogens with one attached hydrogen (secondary N) is 1. The molecule has 0 aliphatic heterocycles. The summed E-state index contributed by atoms with van der Waals surface area (Å²) in [5.41, 5.74) is 1.41. The van der Waals surface area contributed by atoms with Crippen LogP contribution in [-0.4, -0.2) is 5.91 Å². The van der Waals surface area contributed by atoms with Gasteiger partial charge >= 0.3 is 0 Å². The Labute approximate surface area is 130 Å². The Bertz CT molecular complexity index is 688. The molecule has 0 saturated heterocycles. The van der Waals surface area contributed by atoms with Gasteiger partial charge in [-0.1, -0.05) is 22.0 Å². The second-order valence-corrected chi connectivity index (χ2v) is 5.63. The fraction of sp³-hybridized carbons (Fsp3) is 0.188. The molecule has 21 heavy (non-hydrogen) atoms. The predicted molar refractivity (Wildman–Crippen MR) is 81.1 cm³/mol. The van der Waals surface area contributed by atoms with Crippen molar-refractivity contribution in [3.05, 3.63) is 69.2 Å². The van der Waals surface area contributed by atoms with Crippen LogP contribution in [0.4, 0.5) is 8.78 Å². The molecule has 0 radical (unpaired) electrons. The van der Waals surface area contributed by atoms with Gasteiger partial charge in [0, 0.05) is 15.6 Å². The van der Waals surface area contributed by atoms with Gasteiger partial charge in [0.1, 0.15) is 11.6 Å². The highest BCUT2D eigenvalue weighted by Crippen LogP contribution is 2.22. The summed E-state index contributed by atoms with van der Waals surface area (Å²) in [5.74, 6) is -1.41. The summed E-state index contributed by atoms with van der Waals surface area (Å²) in [7, 11) is 0. The van der Waals surface area contributed by atoms with Crippen LogP contribution in [0.1, 0.15) is 34.5 Å². The van der Waals surface area contributed by atoms with E-state index in [1.807, 2.05) is 13.0 Å². The Hall–Kier alpha value is -1.75. The molecule has 0 saturated carbocycles. The van der Waals surface area contributed by atoms with Crippen LogP contribution in [-0.2, 0) is 0 Å². The van der Waals surface area contributed by atoms with E-state index in [9.17, 15) is 13.6 Å². The molecule has 2 aromatic carbocycles. The maximum Gasteiger partial charge on any atom is 0.252 e. The molecule has 2 aromatic rings. The predicted octanol–water partition coefficient (Wildman–Crippen LogP) is 4.53. The molecule has 2 rings (SSSR count). The summed E-state index contributed by atoms with van der Waals surface area (Å²) in [6, 6.07) is 7.83. The van der Waals surface area contributed by atoms with Gasteiger partial charge in [-0.3, -0.25) is 4.79 Å². The third kappa shape index (κ3) is 3.47. The summed E-state index contributed by atoms with van der Waals surface area (Å²) >= 11 is 3.36. The first-order valence-corrected chi connectivity index (χ1v) is 7.20. The fourth-order valence-corrected chi connectivity index (χ4v) is 2.42. The van der Waals surface area contributed by atoms with Crippen molar-refractivity contribution in [2.75, 3.05) is 0 Å². The van der Waals surface area contributed by atoms with Gasteiger partial charge in [-0.2, -0.15) is 0 Å². The minimum atomic E-state index is -0.633. The molecule has 0 aliphatic carbocycles. The third-order valence-electron chi connectivity index (χ3n) is 3.28. The topological polar surface area (TPSA) is 29.1 Å². The number of carbonyl (C=O) groups is 1. The van der Waals surface area contributed by atoms with Gasteiger partial charge in [-0.15, -0.1) is 0 Å². The highest BCUT2D eigenvalue weighted by atomic mass is 79.9. The zero-order valence-electron chi connectivity index (χ0n) is 11.6. The molecular weight excluding hydrogens is 340 g/mol. The van der Waals surface area contributed by atoms with E-state index in [4.69, 9.17) is 0 Å². The molecule has 0 aromatic heterocycles. The molecule has 1 amide bonds. The first-order valence-electron chi connectivity index (χ1n) is 6.41. The number of amides is 1. The molecule has 0 heterocycles. The Balaban J connectivity index is 2.23. The molecule has 0 aliphatic rings. The van der Waals surface area contributed by atoms with Crippen LogP contribution < -0.4 is 5.32 Å². The van der Waals surface area contributed by atoms with Crippen LogP contribution in [0.25, 0.3) is 0 Å². The molecule has 1 atom stereocenters. The number of carbonyl (C=O) groups excluding carboxylic acids is 1. The number of benzene rings is 2. The Morgan fingerprint density at radius 3 is 2.67 bits per heavy atom. The lowest BCUT2D eigenvalue weighted by Crippen LogP contribution is -2.28. The van der Waals surface area contributed by atoms with Crippen LogP contribution in [0.2, 0.25) is 0 Å². The zero-order valence-corrected chi connectivity index (χ0v) is 13.2. The highest BCUT2D eigenvalue weighted by Gasteiger charge is 2.17. The van der Waals surface area contributed by atoms with E-state index in [-0.39, 0.29) is 11.5 Å². The fourth-order valence-electron chi connectivity index (χ4n) is 2.05. The average Bonchev–Trinajstić information content (AvgIpc) is 2.44. The van der Waals surface area contributed by atoms with Crippen LogP contribution >= 0.6 is 15.9 Å². The minimum Gasteiger partial charge on any atom is -0.345 e. The molecule has 0 spiro atoms. The monoisotopic (exact) mass is 353 g/mol. The average molecular weight is 354 g/mol. The number of hydrogen-bond donors (Lipinski definition) is 1. The molecule has 0 fully saturated rings. The van der Waals surface area contributed by atoms with Crippen LogP contribution in [0.15, 0.2) is 40.9 Å². The molecule has 5 heteroatoms. The number of hydrogen-bond acceptors (Lipinski definition) is 1. The van der Waals surface area contributed by atoms with E-state index in [0.717, 1.165) is 28.2 Å². The van der Waals surface area contributed by atoms with E-state index < -0.39 is 17.7 Å². The van der Waals surface area contributed by atoms with E-state index >= 15 is 0 Å². The van der Waals surface area contributed by atoms with Crippen molar-refractivity contribution >= 4 is 21.8 Å². The molecular formula is C16H14BrF2NO. The second-order valence-electron chi connectivity index (χ2n) is 4.77. The van der Waals surface area contributed by atoms with Gasteiger partial charge in [0.25, 0.3) is 5.91 Å². The minimum absolute atomic E-state index is 0.121. The quantitative estimate of drug-likeness (QED) is 0.862. The smallest absolute Gasteiger partial charge is 0.252 e. The largest absolute Gasteiger partial charge is 0.345 e. The van der Waals surface area contributed by atoms with Crippen LogP contribution in [0, 0.1) is 18.6 Å². The summed E-state index contributed by atoms with van der Waals surface area (Å²) in [5, 5.41) is 2.68. The molecule has 1 unspecified atom stereocenters. The van der Waals surface area contributed by atoms with Crippen LogP contribution in [0.5, 0.6) is 0 Å². The Morgan fingerprint density at radius 1 is 1.24 bits per heavy atom. The van der Waals surface area contributed by atoms with Crippen molar-refractivity contribution in [2.24, 2.45) is 0 Å². The van der Waals surface area contributed by atoms with Crippen molar-refractivity contribution in [1.29, 1.82) is 0 Å². The zero-order chi connectivity index (χ0) is 15.6. The summed E-state index contributed by atoms with van der Waals surface area (Å²) in [4.78, 5) is 12.2. The second kappa shape index (κ2) is 6.35. The van der Waals surface area contributed by atoms with E-state index in [1.54, 1.807) is 19.1 Å². The lowest BCUT2D eigenvalue weighted by molar-refractivity contribution is 0.0938. The summed E-state index contributed by atoms with van der Waals surface area (Å²) in [6.07, 6.45) is 0. The van der Waals surface area contributed by atoms with Gasteiger partial charge in [0.05, 0.1) is 6.04 Å². The molecule has 1 N–H and O–H groups in total. The first-order chi connectivity index (χ1) is 9.90. The van der Waals surface area contributed by atoms with E-state index in [2.05, 4.69) is 21.2 Å². The van der Waals surface area contributed by atoms with Gasteiger partial charge in [0.15, 0.2) is 0 Å². The standard InChI is InChI=1S/C16H14BrF2NO/c1-9-12(4-3-5-14(9)17)16(21)20-10(2)13-8-11(18)6-7-15(13)19/h3-8,10H,1-2H3,(H,20,21). The Morgan fingerprint density at radius 2 is 1.95 bits per heavy atom. The number of rotatable bonds is 3. The third-order valence-corrected chi connectivity index (χ3v) is 4.14. The van der Waals surface area contributed by atoms with E-state index in [1.165, 1.54) is 0 Å². The Kier molecular flexibility index (Phi) is 4.73. The van der Waals surface area contributed by atoms with Crippen molar-refractivity contribution in [1.82, 2.24) is 5.32 Å². The lowest BCUT2D eigenvalue weighted by atomic mass is 10.1. The maximum absolute atomic E-state index is 13.7. The van der Waals surface area contributed by atoms with E-state index in [0.29, 0.717) is 5.56 Å². The van der Waals surface area contributed by atoms with Crippen molar-refractivity contribution < 1.29 is 13.6 Å². The number of halogens is 3. The van der Waals surface area contributed by atoms with Gasteiger partial charge < -0.3 is 5.32 Å². The van der Waals surface area contributed by atoms with Crippen LogP contribution in [0.3, 0.4) is 0 Å². The molecule has 2 nitrogen and oxygen atoms in total. The van der Waals surface area contributed by atoms with Crippen molar-refractivity contribution in [3.8, 4) is 0 Å². The van der Waals surface area contributed by atoms with Crippen molar-refractivity contribution in [3.63, 3.8) is 0 Å².